The van der Waals surface area contributed by atoms with E-state index < -0.39 is 30.2 Å². The lowest BCUT2D eigenvalue weighted by atomic mass is 9.87. The standard InChI is InChI=1S/C24H30F2N6O2S/c1-11-14(23(4,5)34)9-15(19(11)33)30-20-17(12(2)29-22(32-20)28-10-24(6,25)26)21-31-18-13(3)27-8-7-16(18)35-21/h7-8,14-15,19,33-34H,1,9-10H2,2-6H3,(H2,28,29,30,32)/t14-,15+,19+/m0/s1. The van der Waals surface area contributed by atoms with Gasteiger partial charge in [0.1, 0.15) is 16.3 Å². The second-order valence-corrected chi connectivity index (χ2v) is 10.8. The molecule has 0 aliphatic heterocycles. The number of aliphatic hydroxyl groups is 2. The van der Waals surface area contributed by atoms with Crippen molar-refractivity contribution < 1.29 is 19.0 Å². The number of alkyl halides is 2. The van der Waals surface area contributed by atoms with Gasteiger partial charge in [-0.2, -0.15) is 4.98 Å². The van der Waals surface area contributed by atoms with Gasteiger partial charge in [0.15, 0.2) is 0 Å². The molecule has 1 aliphatic rings. The molecule has 0 radical (unpaired) electrons. The molecule has 188 valence electrons. The van der Waals surface area contributed by atoms with Gasteiger partial charge in [0.2, 0.25) is 5.95 Å². The summed E-state index contributed by atoms with van der Waals surface area (Å²) in [5.74, 6) is -2.87. The summed E-state index contributed by atoms with van der Waals surface area (Å²) in [5.41, 5.74) is 2.19. The number of pyridine rings is 1. The molecule has 0 unspecified atom stereocenters. The van der Waals surface area contributed by atoms with E-state index in [-0.39, 0.29) is 11.9 Å². The van der Waals surface area contributed by atoms with Crippen LogP contribution in [0.2, 0.25) is 0 Å². The predicted molar refractivity (Wildman–Crippen MR) is 134 cm³/mol. The van der Waals surface area contributed by atoms with Gasteiger partial charge in [-0.05, 0) is 45.8 Å². The molecule has 4 N–H and O–H groups in total. The molecule has 35 heavy (non-hydrogen) atoms. The first-order valence-electron chi connectivity index (χ1n) is 11.3. The van der Waals surface area contributed by atoms with Crippen LogP contribution in [0.25, 0.3) is 20.8 Å². The van der Waals surface area contributed by atoms with Crippen LogP contribution in [-0.2, 0) is 0 Å². The van der Waals surface area contributed by atoms with Gasteiger partial charge in [0.05, 0.1) is 45.9 Å². The van der Waals surface area contributed by atoms with Gasteiger partial charge in [0.25, 0.3) is 5.92 Å². The van der Waals surface area contributed by atoms with Gasteiger partial charge in [-0.1, -0.05) is 6.58 Å². The minimum absolute atomic E-state index is 0.0413. The molecule has 0 saturated heterocycles. The summed E-state index contributed by atoms with van der Waals surface area (Å²) in [4.78, 5) is 18.0. The van der Waals surface area contributed by atoms with Crippen molar-refractivity contribution in [2.75, 3.05) is 17.2 Å². The molecule has 0 amide bonds. The Balaban J connectivity index is 1.77. The number of hydrogen-bond acceptors (Lipinski definition) is 9. The Morgan fingerprint density at radius 1 is 1.17 bits per heavy atom. The molecule has 11 heteroatoms. The van der Waals surface area contributed by atoms with Crippen LogP contribution in [0.1, 0.15) is 38.6 Å². The lowest BCUT2D eigenvalue weighted by molar-refractivity contribution is 0.0334. The van der Waals surface area contributed by atoms with E-state index in [0.717, 1.165) is 22.8 Å². The molecule has 1 aliphatic carbocycles. The number of anilines is 2. The van der Waals surface area contributed by atoms with Crippen LogP contribution in [-0.4, -0.2) is 60.4 Å². The van der Waals surface area contributed by atoms with Crippen LogP contribution in [0.15, 0.2) is 24.4 Å². The Hall–Kier alpha value is -2.76. The van der Waals surface area contributed by atoms with Gasteiger partial charge >= 0.3 is 0 Å². The number of thiazole rings is 1. The summed E-state index contributed by atoms with van der Waals surface area (Å²) >= 11 is 1.45. The summed E-state index contributed by atoms with van der Waals surface area (Å²) < 4.78 is 27.9. The molecule has 3 aromatic heterocycles. The lowest BCUT2D eigenvalue weighted by Gasteiger charge is -2.26. The highest BCUT2D eigenvalue weighted by Crippen LogP contribution is 2.41. The highest BCUT2D eigenvalue weighted by molar-refractivity contribution is 7.21. The number of aryl methyl sites for hydroxylation is 2. The molecule has 3 heterocycles. The number of nitrogens with zero attached hydrogens (tertiary/aromatic N) is 4. The third kappa shape index (κ3) is 5.26. The molecule has 0 spiro atoms. The van der Waals surface area contributed by atoms with Gasteiger partial charge in [-0.25, -0.2) is 18.7 Å². The zero-order valence-electron chi connectivity index (χ0n) is 20.4. The van der Waals surface area contributed by atoms with Crippen molar-refractivity contribution in [2.24, 2.45) is 5.92 Å². The second-order valence-electron chi connectivity index (χ2n) is 9.75. The van der Waals surface area contributed by atoms with Crippen molar-refractivity contribution in [3.8, 4) is 10.6 Å². The fraction of sp³-hybridized carbons (Fsp3) is 0.500. The van der Waals surface area contributed by atoms with E-state index in [2.05, 4.69) is 32.2 Å². The monoisotopic (exact) mass is 504 g/mol. The molecule has 3 atom stereocenters. The number of halogens is 2. The first kappa shape index (κ1) is 25.3. The van der Waals surface area contributed by atoms with Crippen molar-refractivity contribution >= 4 is 33.3 Å². The Bertz CT molecular complexity index is 1270. The van der Waals surface area contributed by atoms with E-state index in [1.807, 2.05) is 13.0 Å². The minimum atomic E-state index is -2.94. The van der Waals surface area contributed by atoms with Crippen LogP contribution < -0.4 is 10.6 Å². The van der Waals surface area contributed by atoms with Crippen molar-refractivity contribution in [1.82, 2.24) is 19.9 Å². The smallest absolute Gasteiger partial charge is 0.262 e. The molecule has 8 nitrogen and oxygen atoms in total. The zero-order valence-corrected chi connectivity index (χ0v) is 21.2. The number of nitrogens with one attached hydrogen (secondary N) is 2. The first-order chi connectivity index (χ1) is 16.2. The molecular formula is C24H30F2N6O2S. The summed E-state index contributed by atoms with van der Waals surface area (Å²) in [6, 6.07) is 1.38. The van der Waals surface area contributed by atoms with Gasteiger partial charge in [0, 0.05) is 19.0 Å². The molecule has 0 aromatic carbocycles. The Morgan fingerprint density at radius 2 is 1.89 bits per heavy atom. The summed E-state index contributed by atoms with van der Waals surface area (Å²) in [7, 11) is 0. The third-order valence-electron chi connectivity index (χ3n) is 6.22. The number of rotatable bonds is 7. The fourth-order valence-corrected chi connectivity index (χ4v) is 5.50. The van der Waals surface area contributed by atoms with Crippen LogP contribution in [0.5, 0.6) is 0 Å². The van der Waals surface area contributed by atoms with Crippen LogP contribution in [0.4, 0.5) is 20.5 Å². The Kier molecular flexibility index (Phi) is 6.54. The maximum atomic E-state index is 13.5. The quantitative estimate of drug-likeness (QED) is 0.352. The summed E-state index contributed by atoms with van der Waals surface area (Å²) in [6.07, 6.45) is 1.22. The van der Waals surface area contributed by atoms with E-state index in [9.17, 15) is 19.0 Å². The SMILES string of the molecule is C=C1[C@@H](O)[C@H](Nc2nc(NCC(C)(F)F)nc(C)c2-c2nc3c(C)nccc3s2)C[C@@H]1C(C)(C)O. The molecule has 1 fully saturated rings. The first-order valence-corrected chi connectivity index (χ1v) is 12.1. The van der Waals surface area contributed by atoms with Gasteiger partial charge < -0.3 is 20.8 Å². The van der Waals surface area contributed by atoms with E-state index in [1.54, 1.807) is 27.0 Å². The minimum Gasteiger partial charge on any atom is -0.390 e. The summed E-state index contributed by atoms with van der Waals surface area (Å²) in [6.45, 7) is 11.2. The number of fused-ring (bicyclic) bond motifs is 1. The topological polar surface area (TPSA) is 116 Å². The number of aromatic nitrogens is 4. The highest BCUT2D eigenvalue weighted by atomic mass is 32.1. The molecule has 0 bridgehead atoms. The van der Waals surface area contributed by atoms with Crippen molar-refractivity contribution in [3.63, 3.8) is 0 Å². The van der Waals surface area contributed by atoms with E-state index in [0.29, 0.717) is 34.1 Å². The lowest BCUT2D eigenvalue weighted by Crippen LogP contribution is -2.31. The predicted octanol–water partition coefficient (Wildman–Crippen LogP) is 4.32. The van der Waals surface area contributed by atoms with Crippen LogP contribution in [0.3, 0.4) is 0 Å². The molecule has 1 saturated carbocycles. The third-order valence-corrected chi connectivity index (χ3v) is 7.26. The highest BCUT2D eigenvalue weighted by Gasteiger charge is 2.43. The van der Waals surface area contributed by atoms with Gasteiger partial charge in [-0.3, -0.25) is 4.98 Å². The van der Waals surface area contributed by atoms with E-state index in [4.69, 9.17) is 4.98 Å². The van der Waals surface area contributed by atoms with Crippen molar-refractivity contribution in [3.05, 3.63) is 35.8 Å². The Labute approximate surface area is 206 Å². The normalized spacial score (nSPS) is 21.1. The zero-order chi connectivity index (χ0) is 25.7. The maximum Gasteiger partial charge on any atom is 0.262 e. The maximum absolute atomic E-state index is 13.5. The van der Waals surface area contributed by atoms with E-state index >= 15 is 0 Å². The number of hydrogen-bond donors (Lipinski definition) is 4. The Morgan fingerprint density at radius 3 is 2.49 bits per heavy atom. The average molecular weight is 505 g/mol. The second kappa shape index (κ2) is 9.03. The molecule has 4 rings (SSSR count). The van der Waals surface area contributed by atoms with Crippen LogP contribution >= 0.6 is 11.3 Å². The van der Waals surface area contributed by atoms with E-state index in [1.165, 1.54) is 11.3 Å². The fourth-order valence-electron chi connectivity index (χ4n) is 4.39. The van der Waals surface area contributed by atoms with Crippen molar-refractivity contribution in [1.29, 1.82) is 0 Å². The molecular weight excluding hydrogens is 474 g/mol. The summed E-state index contributed by atoms with van der Waals surface area (Å²) in [5, 5.41) is 27.9. The van der Waals surface area contributed by atoms with Crippen molar-refractivity contribution in [2.45, 2.75) is 64.7 Å². The largest absolute Gasteiger partial charge is 0.390 e. The van der Waals surface area contributed by atoms with Gasteiger partial charge in [-0.15, -0.1) is 11.3 Å². The van der Waals surface area contributed by atoms with Crippen LogP contribution in [0, 0.1) is 19.8 Å². The molecule has 3 aromatic rings. The number of aliphatic hydroxyl groups excluding tert-OH is 1. The average Bonchev–Trinajstić information content (AvgIpc) is 3.29.